The number of fused-ring (bicyclic) bond motifs is 1. The largest absolute Gasteiger partial charge is 0.321 e. The first-order valence-corrected chi connectivity index (χ1v) is 6.32. The third kappa shape index (κ3) is 2.20. The van der Waals surface area contributed by atoms with Crippen molar-refractivity contribution in [3.63, 3.8) is 0 Å². The van der Waals surface area contributed by atoms with E-state index in [0.29, 0.717) is 0 Å². The summed E-state index contributed by atoms with van der Waals surface area (Å²) in [5.41, 5.74) is 1.33. The van der Waals surface area contributed by atoms with Crippen LogP contribution in [0, 0.1) is 5.92 Å². The number of aryl methyl sites for hydroxylation is 1. The number of hydrogen-bond acceptors (Lipinski definition) is 2. The molecule has 0 N–H and O–H groups in total. The molecule has 0 aromatic carbocycles. The maximum Gasteiger partial charge on any atom is 0.250 e. The topological polar surface area (TPSA) is 34.4 Å². The van der Waals surface area contributed by atoms with Gasteiger partial charge in [-0.1, -0.05) is 13.8 Å². The highest BCUT2D eigenvalue weighted by atomic mass is 32.1. The molecule has 0 fully saturated rings. The Balaban J connectivity index is 2.36. The van der Waals surface area contributed by atoms with Gasteiger partial charge in [0.2, 0.25) is 0 Å². The van der Waals surface area contributed by atoms with Crippen molar-refractivity contribution in [2.45, 2.75) is 39.7 Å². The molecule has 0 unspecified atom stereocenters. The molecule has 1 aliphatic heterocycles. The second-order valence-corrected chi connectivity index (χ2v) is 5.06. The van der Waals surface area contributed by atoms with Crippen LogP contribution < -0.4 is 4.80 Å². The molecule has 82 valence electrons. The molecule has 1 amide bonds. The Morgan fingerprint density at radius 1 is 1.53 bits per heavy atom. The van der Waals surface area contributed by atoms with Gasteiger partial charge in [-0.25, -0.2) is 0 Å². The van der Waals surface area contributed by atoms with E-state index in [0.717, 1.165) is 17.8 Å². The number of carbonyl (C=O) groups is 1. The van der Waals surface area contributed by atoms with Crippen LogP contribution in [-0.4, -0.2) is 10.5 Å². The van der Waals surface area contributed by atoms with E-state index in [2.05, 4.69) is 14.9 Å². The van der Waals surface area contributed by atoms with Crippen molar-refractivity contribution in [3.05, 3.63) is 15.9 Å². The molecule has 1 aromatic rings. The maximum absolute atomic E-state index is 11.5. The fourth-order valence-corrected chi connectivity index (χ4v) is 2.66. The van der Waals surface area contributed by atoms with E-state index in [9.17, 15) is 4.79 Å². The number of aromatic nitrogens is 1. The fourth-order valence-electron chi connectivity index (χ4n) is 1.69. The molecule has 0 radical (unpaired) electrons. The number of thiazole rings is 1. The van der Waals surface area contributed by atoms with Crippen molar-refractivity contribution in [1.82, 2.24) is 4.57 Å². The molecule has 0 saturated heterocycles. The molecule has 3 nitrogen and oxygen atoms in total. The minimum atomic E-state index is -0.0160. The van der Waals surface area contributed by atoms with Crippen molar-refractivity contribution in [2.24, 2.45) is 10.9 Å². The van der Waals surface area contributed by atoms with Crippen LogP contribution in [0.25, 0.3) is 0 Å². The first-order chi connectivity index (χ1) is 7.18. The summed E-state index contributed by atoms with van der Waals surface area (Å²) in [5, 5.41) is 2.13. The summed E-state index contributed by atoms with van der Waals surface area (Å²) in [6, 6.07) is 0. The van der Waals surface area contributed by atoms with Gasteiger partial charge in [-0.15, -0.1) is 11.3 Å². The molecule has 1 aliphatic rings. The average molecular weight is 224 g/mol. The smallest absolute Gasteiger partial charge is 0.250 e. The van der Waals surface area contributed by atoms with E-state index in [1.165, 1.54) is 18.5 Å². The lowest BCUT2D eigenvalue weighted by Gasteiger charge is -2.13. The minimum Gasteiger partial charge on any atom is -0.321 e. The van der Waals surface area contributed by atoms with E-state index in [-0.39, 0.29) is 11.8 Å². The molecule has 15 heavy (non-hydrogen) atoms. The first kappa shape index (κ1) is 10.6. The normalized spacial score (nSPS) is 16.9. The number of rotatable bonds is 1. The van der Waals surface area contributed by atoms with Gasteiger partial charge in [-0.05, 0) is 19.3 Å². The number of hydrogen-bond donors (Lipinski definition) is 0. The second kappa shape index (κ2) is 4.31. The van der Waals surface area contributed by atoms with Gasteiger partial charge in [0, 0.05) is 23.5 Å². The molecule has 2 rings (SSSR count). The molecule has 0 aliphatic carbocycles. The average Bonchev–Trinajstić information content (AvgIpc) is 2.62. The van der Waals surface area contributed by atoms with Crippen molar-refractivity contribution >= 4 is 17.2 Å². The van der Waals surface area contributed by atoms with E-state index in [1.54, 1.807) is 11.3 Å². The summed E-state index contributed by atoms with van der Waals surface area (Å²) >= 11 is 1.59. The van der Waals surface area contributed by atoms with E-state index in [1.807, 2.05) is 13.8 Å². The molecule has 0 spiro atoms. The van der Waals surface area contributed by atoms with Crippen LogP contribution >= 0.6 is 11.3 Å². The van der Waals surface area contributed by atoms with Crippen LogP contribution in [0.15, 0.2) is 10.4 Å². The zero-order chi connectivity index (χ0) is 10.8. The van der Waals surface area contributed by atoms with Gasteiger partial charge in [-0.2, -0.15) is 4.99 Å². The lowest BCUT2D eigenvalue weighted by Crippen LogP contribution is -2.23. The van der Waals surface area contributed by atoms with E-state index >= 15 is 0 Å². The summed E-state index contributed by atoms with van der Waals surface area (Å²) < 4.78 is 2.19. The summed E-state index contributed by atoms with van der Waals surface area (Å²) in [7, 11) is 0. The van der Waals surface area contributed by atoms with Crippen LogP contribution in [0.3, 0.4) is 0 Å². The molecule has 1 aromatic heterocycles. The molecular formula is C11H16N2OS. The van der Waals surface area contributed by atoms with Gasteiger partial charge in [0.25, 0.3) is 5.91 Å². The first-order valence-electron chi connectivity index (χ1n) is 5.44. The van der Waals surface area contributed by atoms with Crippen molar-refractivity contribution < 1.29 is 4.79 Å². The van der Waals surface area contributed by atoms with Gasteiger partial charge >= 0.3 is 0 Å². The minimum absolute atomic E-state index is 0.00746. The maximum atomic E-state index is 11.5. The molecular weight excluding hydrogens is 208 g/mol. The summed E-state index contributed by atoms with van der Waals surface area (Å²) in [6.07, 6.45) is 3.59. The van der Waals surface area contributed by atoms with Crippen LogP contribution in [0.2, 0.25) is 0 Å². The Kier molecular flexibility index (Phi) is 3.05. The molecule has 0 saturated carbocycles. The molecule has 0 bridgehead atoms. The Labute approximate surface area is 93.5 Å². The third-order valence-electron chi connectivity index (χ3n) is 2.64. The zero-order valence-electron chi connectivity index (χ0n) is 9.19. The highest BCUT2D eigenvalue weighted by molar-refractivity contribution is 7.07. The van der Waals surface area contributed by atoms with Crippen LogP contribution in [0.5, 0.6) is 0 Å². The zero-order valence-corrected chi connectivity index (χ0v) is 10.0. The summed E-state index contributed by atoms with van der Waals surface area (Å²) in [6.45, 7) is 4.79. The quantitative estimate of drug-likeness (QED) is 0.718. The Morgan fingerprint density at radius 2 is 2.33 bits per heavy atom. The van der Waals surface area contributed by atoms with Crippen molar-refractivity contribution in [2.75, 3.05) is 0 Å². The highest BCUT2D eigenvalue weighted by Gasteiger charge is 2.12. The summed E-state index contributed by atoms with van der Waals surface area (Å²) in [4.78, 5) is 16.6. The van der Waals surface area contributed by atoms with Gasteiger partial charge in [0.15, 0.2) is 4.80 Å². The molecule has 4 heteroatoms. The second-order valence-electron chi connectivity index (χ2n) is 4.22. The van der Waals surface area contributed by atoms with Gasteiger partial charge in [-0.3, -0.25) is 4.79 Å². The van der Waals surface area contributed by atoms with E-state index in [4.69, 9.17) is 0 Å². The van der Waals surface area contributed by atoms with Crippen LogP contribution in [0.1, 0.15) is 32.4 Å². The van der Waals surface area contributed by atoms with Crippen LogP contribution in [-0.2, 0) is 17.8 Å². The predicted molar refractivity (Wildman–Crippen MR) is 60.7 cm³/mol. The van der Waals surface area contributed by atoms with Crippen molar-refractivity contribution in [3.8, 4) is 0 Å². The Bertz CT molecular complexity index is 428. The standard InChI is InChI=1S/C11H16N2OS/c1-8(2)10(14)12-11-13-6-4-3-5-9(13)7-15-11/h7-8H,3-6H2,1-2H3. The predicted octanol–water partition coefficient (Wildman–Crippen LogP) is 1.97. The van der Waals surface area contributed by atoms with E-state index < -0.39 is 0 Å². The number of carbonyl (C=O) groups excluding carboxylic acids is 1. The van der Waals surface area contributed by atoms with Gasteiger partial charge in [0.1, 0.15) is 0 Å². The lowest BCUT2D eigenvalue weighted by molar-refractivity contribution is -0.120. The SMILES string of the molecule is CC(C)C(=O)N=c1scc2n1CCCC2. The fraction of sp³-hybridized carbons (Fsp3) is 0.636. The Hall–Kier alpha value is -0.900. The molecule has 2 heterocycles. The van der Waals surface area contributed by atoms with Crippen molar-refractivity contribution in [1.29, 1.82) is 0 Å². The van der Waals surface area contributed by atoms with Gasteiger partial charge in [0.05, 0.1) is 0 Å². The number of amides is 1. The third-order valence-corrected chi connectivity index (χ3v) is 3.55. The lowest BCUT2D eigenvalue weighted by atomic mass is 10.1. The number of nitrogens with zero attached hydrogens (tertiary/aromatic N) is 2. The monoisotopic (exact) mass is 224 g/mol. The molecule has 0 atom stereocenters. The van der Waals surface area contributed by atoms with Gasteiger partial charge < -0.3 is 4.57 Å². The van der Waals surface area contributed by atoms with Crippen LogP contribution in [0.4, 0.5) is 0 Å². The Morgan fingerprint density at radius 3 is 3.07 bits per heavy atom. The summed E-state index contributed by atoms with van der Waals surface area (Å²) in [5.74, 6) is -0.0235. The highest BCUT2D eigenvalue weighted by Crippen LogP contribution is 2.13.